The molecule has 2 amide bonds. The zero-order chi connectivity index (χ0) is 48.3. The van der Waals surface area contributed by atoms with Crippen molar-refractivity contribution in [2.45, 2.75) is 53.4 Å². The molecule has 7 N–H and O–H groups in total. The molecule has 0 aromatic heterocycles. The molecule has 2 aromatic carbocycles. The number of carboxylic acids is 5. The molecule has 21 nitrogen and oxygen atoms in total. The van der Waals surface area contributed by atoms with Gasteiger partial charge < -0.3 is 55.1 Å². The minimum absolute atomic E-state index is 0.00431. The minimum Gasteiger partial charge on any atom is -0.493 e. The second-order valence-electron chi connectivity index (χ2n) is 16.1. The largest absolute Gasteiger partial charge is 0.493 e. The maximum Gasteiger partial charge on any atom is 0.317 e. The number of benzene rings is 2. The van der Waals surface area contributed by atoms with Gasteiger partial charge in [-0.2, -0.15) is 0 Å². The third-order valence-electron chi connectivity index (χ3n) is 8.99. The normalized spacial score (nSPS) is 11.2. The Morgan fingerprint density at radius 2 is 0.846 bits per heavy atom. The number of nitrogens with one attached hydrogen (secondary N) is 2. The molecule has 2 aromatic rings. The van der Waals surface area contributed by atoms with E-state index in [1.54, 1.807) is 36.4 Å². The van der Waals surface area contributed by atoms with Crippen molar-refractivity contribution in [2.24, 2.45) is 11.8 Å². The molecule has 0 unspecified atom stereocenters. The molecule has 0 aliphatic rings. The lowest BCUT2D eigenvalue weighted by molar-refractivity contribution is -0.141. The van der Waals surface area contributed by atoms with Crippen molar-refractivity contribution < 1.29 is 78.0 Å². The highest BCUT2D eigenvalue weighted by Gasteiger charge is 2.20. The van der Waals surface area contributed by atoms with E-state index in [4.69, 9.17) is 18.9 Å². The average Bonchev–Trinajstić information content (AvgIpc) is 3.20. The molecule has 21 heteroatoms. The van der Waals surface area contributed by atoms with E-state index in [1.807, 2.05) is 27.7 Å². The van der Waals surface area contributed by atoms with Gasteiger partial charge in [0.1, 0.15) is 23.0 Å². The Balaban J connectivity index is 1.88. The van der Waals surface area contributed by atoms with Crippen LogP contribution < -0.4 is 29.6 Å². The van der Waals surface area contributed by atoms with Crippen LogP contribution in [0.2, 0.25) is 0 Å². The van der Waals surface area contributed by atoms with Gasteiger partial charge in [-0.05, 0) is 61.1 Å². The van der Waals surface area contributed by atoms with E-state index in [9.17, 15) is 59.1 Å². The fourth-order valence-electron chi connectivity index (χ4n) is 6.02. The summed E-state index contributed by atoms with van der Waals surface area (Å²) in [5.74, 6) is -4.40. The van der Waals surface area contributed by atoms with Gasteiger partial charge in [0.2, 0.25) is 11.8 Å². The first-order valence-corrected chi connectivity index (χ1v) is 21.4. The Morgan fingerprint density at radius 1 is 0.492 bits per heavy atom. The topological polar surface area (TPSA) is 291 Å². The van der Waals surface area contributed by atoms with Crippen LogP contribution in [0.25, 0.3) is 0 Å². The van der Waals surface area contributed by atoms with Crippen molar-refractivity contribution in [1.82, 2.24) is 25.3 Å². The van der Waals surface area contributed by atoms with E-state index < -0.39 is 61.3 Å². The quantitative estimate of drug-likeness (QED) is 0.0478. The molecule has 0 fully saturated rings. The van der Waals surface area contributed by atoms with E-state index in [-0.39, 0.29) is 90.2 Å². The van der Waals surface area contributed by atoms with Crippen LogP contribution in [-0.2, 0) is 46.4 Å². The SMILES string of the molecule is CC(C)COc1ccc(OCCCNC(=O)CN(CCN(CCN(CC(=O)O)CC(=O)NCCCOc2ccc(OCC(C)C)cc2CC(=O)O)CC(=O)O)CC(=O)O)c(CC(=O)O)c1. The molecular formula is C44H65N5O16. The van der Waals surface area contributed by atoms with E-state index in [0.29, 0.717) is 60.2 Å². The molecule has 0 aliphatic carbocycles. The maximum atomic E-state index is 12.8. The fourth-order valence-corrected chi connectivity index (χ4v) is 6.02. The van der Waals surface area contributed by atoms with Crippen molar-refractivity contribution in [3.63, 3.8) is 0 Å². The van der Waals surface area contributed by atoms with Gasteiger partial charge >= 0.3 is 29.8 Å². The van der Waals surface area contributed by atoms with Crippen LogP contribution in [0.3, 0.4) is 0 Å². The van der Waals surface area contributed by atoms with Crippen LogP contribution in [0.1, 0.15) is 51.7 Å². The second-order valence-corrected chi connectivity index (χ2v) is 16.1. The lowest BCUT2D eigenvalue weighted by atomic mass is 10.1. The maximum absolute atomic E-state index is 12.8. The van der Waals surface area contributed by atoms with Gasteiger partial charge in [0.05, 0.1) is 72.0 Å². The molecule has 65 heavy (non-hydrogen) atoms. The second kappa shape index (κ2) is 30.0. The number of carbonyl (C=O) groups is 7. The van der Waals surface area contributed by atoms with Crippen LogP contribution in [0.4, 0.5) is 0 Å². The summed E-state index contributed by atoms with van der Waals surface area (Å²) in [6, 6.07) is 9.85. The third-order valence-corrected chi connectivity index (χ3v) is 8.99. The molecule has 0 spiro atoms. The van der Waals surface area contributed by atoms with E-state index in [1.165, 1.54) is 14.7 Å². The van der Waals surface area contributed by atoms with Gasteiger partial charge in [-0.1, -0.05) is 27.7 Å². The lowest BCUT2D eigenvalue weighted by Crippen LogP contribution is -2.47. The van der Waals surface area contributed by atoms with Crippen molar-refractivity contribution in [3.05, 3.63) is 47.5 Å². The number of rotatable bonds is 36. The Kier molecular flexibility index (Phi) is 25.4. The number of amides is 2. The average molecular weight is 920 g/mol. The first-order valence-electron chi connectivity index (χ1n) is 21.4. The van der Waals surface area contributed by atoms with Gasteiger partial charge in [-0.3, -0.25) is 48.3 Å². The summed E-state index contributed by atoms with van der Waals surface area (Å²) in [7, 11) is 0. The summed E-state index contributed by atoms with van der Waals surface area (Å²) in [5.41, 5.74) is 0.863. The molecule has 362 valence electrons. The zero-order valence-electron chi connectivity index (χ0n) is 37.6. The van der Waals surface area contributed by atoms with Crippen LogP contribution in [-0.4, -0.2) is 180 Å². The molecule has 0 heterocycles. The van der Waals surface area contributed by atoms with Crippen LogP contribution in [0.5, 0.6) is 23.0 Å². The number of hydrogen-bond acceptors (Lipinski definition) is 14. The highest BCUT2D eigenvalue weighted by Crippen LogP contribution is 2.27. The third kappa shape index (κ3) is 25.6. The predicted octanol–water partition coefficient (Wildman–Crippen LogP) is 1.64. The molecule has 0 atom stereocenters. The van der Waals surface area contributed by atoms with E-state index in [0.717, 1.165) is 0 Å². The minimum atomic E-state index is -1.22. The summed E-state index contributed by atoms with van der Waals surface area (Å²) in [4.78, 5) is 87.6. The van der Waals surface area contributed by atoms with Crippen molar-refractivity contribution in [1.29, 1.82) is 0 Å². The Bertz CT molecular complexity index is 1740. The molecule has 0 saturated heterocycles. The summed E-state index contributed by atoms with van der Waals surface area (Å²) in [6.07, 6.45) is 0.127. The first kappa shape index (κ1) is 54.9. The molecular weight excluding hydrogens is 855 g/mol. The van der Waals surface area contributed by atoms with Gasteiger partial charge in [-0.15, -0.1) is 0 Å². The van der Waals surface area contributed by atoms with Crippen LogP contribution >= 0.6 is 0 Å². The number of nitrogens with zero attached hydrogens (tertiary/aromatic N) is 3. The van der Waals surface area contributed by atoms with Gasteiger partial charge in [-0.25, -0.2) is 0 Å². The molecule has 0 aliphatic heterocycles. The van der Waals surface area contributed by atoms with Gasteiger partial charge in [0.15, 0.2) is 0 Å². The monoisotopic (exact) mass is 919 g/mol. The van der Waals surface area contributed by atoms with Crippen molar-refractivity contribution in [3.8, 4) is 23.0 Å². The summed E-state index contributed by atoms with van der Waals surface area (Å²) >= 11 is 0. The highest BCUT2D eigenvalue weighted by atomic mass is 16.5. The van der Waals surface area contributed by atoms with E-state index >= 15 is 0 Å². The molecule has 0 radical (unpaired) electrons. The Labute approximate surface area is 378 Å². The lowest BCUT2D eigenvalue weighted by Gasteiger charge is -2.28. The van der Waals surface area contributed by atoms with Crippen molar-refractivity contribution >= 4 is 41.7 Å². The van der Waals surface area contributed by atoms with Gasteiger partial charge in [0.25, 0.3) is 0 Å². The predicted molar refractivity (Wildman–Crippen MR) is 235 cm³/mol. The van der Waals surface area contributed by atoms with Gasteiger partial charge in [0, 0.05) is 50.4 Å². The summed E-state index contributed by atoms with van der Waals surface area (Å²) in [5, 5.41) is 52.7. The Hall–Kier alpha value is -6.19. The zero-order valence-corrected chi connectivity index (χ0v) is 37.6. The highest BCUT2D eigenvalue weighted by molar-refractivity contribution is 5.79. The fraction of sp³-hybridized carbons (Fsp3) is 0.568. The Morgan fingerprint density at radius 3 is 1.18 bits per heavy atom. The van der Waals surface area contributed by atoms with Crippen LogP contribution in [0, 0.1) is 11.8 Å². The summed E-state index contributed by atoms with van der Waals surface area (Å²) in [6.45, 7) is 7.22. The number of aliphatic carboxylic acids is 5. The number of carbonyl (C=O) groups excluding carboxylic acids is 2. The molecule has 2 rings (SSSR count). The van der Waals surface area contributed by atoms with E-state index in [2.05, 4.69) is 10.6 Å². The van der Waals surface area contributed by atoms with Crippen molar-refractivity contribution in [2.75, 3.05) is 98.4 Å². The molecule has 0 saturated carbocycles. The number of ether oxygens (including phenoxy) is 4. The van der Waals surface area contributed by atoms with Crippen LogP contribution in [0.15, 0.2) is 36.4 Å². The molecule has 0 bridgehead atoms. The smallest absolute Gasteiger partial charge is 0.317 e. The number of hydrogen-bond donors (Lipinski definition) is 7. The summed E-state index contributed by atoms with van der Waals surface area (Å²) < 4.78 is 23.0. The standard InChI is InChI=1S/C44H65N5O16/c1-30(2)28-64-34-7-9-36(32(19-34)21-40(52)53)62-17-5-11-45-38(50)23-48(26-43(58)59)15-13-47(25-42(56)57)14-16-49(27-44(60)61)24-39(51)46-12-6-18-63-37-10-8-35(65-29-31(3)4)20-33(37)22-41(54)55/h7-10,19-20,30-31H,5-6,11-18,21-29H2,1-4H3,(H,45,50)(H,46,51)(H,52,53)(H,54,55)(H,56,57)(H,58,59)(H,60,61). The first-order chi connectivity index (χ1) is 30.8. The number of carboxylic acid groups (broad SMARTS) is 5.